The van der Waals surface area contributed by atoms with Crippen molar-refractivity contribution in [2.75, 3.05) is 27.7 Å². The van der Waals surface area contributed by atoms with Crippen molar-refractivity contribution in [1.29, 1.82) is 0 Å². The SMILES string of the molecule is Cc1ccc([C@H](CNC(=O)CCC(=O)N(C)C2CCCCC2)N(C)C)cc1. The van der Waals surface area contributed by atoms with E-state index in [1.807, 2.05) is 26.0 Å². The Morgan fingerprint density at radius 1 is 1.04 bits per heavy atom. The van der Waals surface area contributed by atoms with Crippen molar-refractivity contribution in [3.05, 3.63) is 35.4 Å². The maximum Gasteiger partial charge on any atom is 0.223 e. The summed E-state index contributed by atoms with van der Waals surface area (Å²) >= 11 is 0. The number of hydrogen-bond donors (Lipinski definition) is 1. The maximum atomic E-state index is 12.4. The molecule has 1 fully saturated rings. The number of likely N-dealkylation sites (N-methyl/N-ethyl adjacent to an activating group) is 1. The van der Waals surface area contributed by atoms with Crippen molar-refractivity contribution in [2.24, 2.45) is 0 Å². The molecule has 0 heterocycles. The van der Waals surface area contributed by atoms with Crippen LogP contribution in [0.25, 0.3) is 0 Å². The second-order valence-electron chi connectivity index (χ2n) is 7.99. The minimum absolute atomic E-state index is 0.0562. The van der Waals surface area contributed by atoms with Gasteiger partial charge in [-0.25, -0.2) is 0 Å². The van der Waals surface area contributed by atoms with Crippen LogP contribution >= 0.6 is 0 Å². The first-order valence-electron chi connectivity index (χ1n) is 10.1. The topological polar surface area (TPSA) is 52.7 Å². The summed E-state index contributed by atoms with van der Waals surface area (Å²) in [5.41, 5.74) is 2.40. The standard InChI is InChI=1S/C22H35N3O2/c1-17-10-12-18(13-11-17)20(24(2)3)16-23-21(26)14-15-22(27)25(4)19-8-6-5-7-9-19/h10-13,19-20H,5-9,14-16H2,1-4H3,(H,23,26)/t20-/m0/s1. The van der Waals surface area contributed by atoms with Crippen LogP contribution in [0.2, 0.25) is 0 Å². The monoisotopic (exact) mass is 373 g/mol. The molecule has 0 unspecified atom stereocenters. The van der Waals surface area contributed by atoms with E-state index in [-0.39, 0.29) is 30.7 Å². The molecule has 1 aromatic carbocycles. The summed E-state index contributed by atoms with van der Waals surface area (Å²) in [4.78, 5) is 28.6. The molecule has 1 aliphatic rings. The van der Waals surface area contributed by atoms with E-state index >= 15 is 0 Å². The van der Waals surface area contributed by atoms with Crippen molar-refractivity contribution in [1.82, 2.24) is 15.1 Å². The quantitative estimate of drug-likeness (QED) is 0.761. The van der Waals surface area contributed by atoms with Crippen molar-refractivity contribution < 1.29 is 9.59 Å². The molecule has 150 valence electrons. The zero-order valence-electron chi connectivity index (χ0n) is 17.3. The summed E-state index contributed by atoms with van der Waals surface area (Å²) in [7, 11) is 5.91. The number of amides is 2. The summed E-state index contributed by atoms with van der Waals surface area (Å²) in [5.74, 6) is 0.0269. The molecule has 0 aliphatic heterocycles. The second kappa shape index (κ2) is 10.5. The van der Waals surface area contributed by atoms with Crippen molar-refractivity contribution in [2.45, 2.75) is 64.0 Å². The van der Waals surface area contributed by atoms with E-state index in [2.05, 4.69) is 41.4 Å². The molecule has 0 spiro atoms. The Kier molecular flexibility index (Phi) is 8.29. The van der Waals surface area contributed by atoms with Gasteiger partial charge in [-0.15, -0.1) is 0 Å². The van der Waals surface area contributed by atoms with Crippen LogP contribution in [0.3, 0.4) is 0 Å². The van der Waals surface area contributed by atoms with Crippen LogP contribution in [0, 0.1) is 6.92 Å². The van der Waals surface area contributed by atoms with Gasteiger partial charge < -0.3 is 15.1 Å². The van der Waals surface area contributed by atoms with Gasteiger partial charge in [-0.2, -0.15) is 0 Å². The van der Waals surface area contributed by atoms with Gasteiger partial charge in [0.2, 0.25) is 11.8 Å². The number of carbonyl (C=O) groups excluding carboxylic acids is 2. The molecular formula is C22H35N3O2. The smallest absolute Gasteiger partial charge is 0.223 e. The highest BCUT2D eigenvalue weighted by atomic mass is 16.2. The van der Waals surface area contributed by atoms with E-state index in [0.717, 1.165) is 12.8 Å². The number of nitrogens with one attached hydrogen (secondary N) is 1. The van der Waals surface area contributed by atoms with E-state index in [0.29, 0.717) is 12.6 Å². The first kappa shape index (κ1) is 21.4. The van der Waals surface area contributed by atoms with E-state index in [9.17, 15) is 9.59 Å². The van der Waals surface area contributed by atoms with Crippen LogP contribution in [-0.2, 0) is 9.59 Å². The fourth-order valence-corrected chi connectivity index (χ4v) is 3.75. The number of aryl methyl sites for hydroxylation is 1. The predicted octanol–water partition coefficient (Wildman–Crippen LogP) is 3.29. The number of carbonyl (C=O) groups is 2. The molecule has 5 nitrogen and oxygen atoms in total. The predicted molar refractivity (Wildman–Crippen MR) is 109 cm³/mol. The highest BCUT2D eigenvalue weighted by Crippen LogP contribution is 2.22. The van der Waals surface area contributed by atoms with Gasteiger partial charge in [-0.05, 0) is 39.4 Å². The minimum Gasteiger partial charge on any atom is -0.354 e. The molecule has 0 aromatic heterocycles. The van der Waals surface area contributed by atoms with Crippen molar-refractivity contribution >= 4 is 11.8 Å². The number of benzene rings is 1. The van der Waals surface area contributed by atoms with Crippen LogP contribution in [0.4, 0.5) is 0 Å². The van der Waals surface area contributed by atoms with E-state index in [4.69, 9.17) is 0 Å². The highest BCUT2D eigenvalue weighted by molar-refractivity contribution is 5.83. The van der Waals surface area contributed by atoms with Gasteiger partial charge in [-0.3, -0.25) is 9.59 Å². The number of nitrogens with zero attached hydrogens (tertiary/aromatic N) is 2. The lowest BCUT2D eigenvalue weighted by Gasteiger charge is -2.31. The molecule has 27 heavy (non-hydrogen) atoms. The Bertz CT molecular complexity index is 606. The van der Waals surface area contributed by atoms with Gasteiger partial charge in [-0.1, -0.05) is 49.1 Å². The lowest BCUT2D eigenvalue weighted by atomic mass is 9.94. The lowest BCUT2D eigenvalue weighted by molar-refractivity contribution is -0.134. The molecule has 0 saturated heterocycles. The molecule has 1 saturated carbocycles. The average molecular weight is 374 g/mol. The molecule has 0 bridgehead atoms. The van der Waals surface area contributed by atoms with Crippen LogP contribution in [-0.4, -0.2) is 55.3 Å². The average Bonchev–Trinajstić information content (AvgIpc) is 2.67. The third-order valence-electron chi connectivity index (χ3n) is 5.66. The Morgan fingerprint density at radius 2 is 1.67 bits per heavy atom. The molecular weight excluding hydrogens is 338 g/mol. The van der Waals surface area contributed by atoms with Gasteiger partial charge in [0.1, 0.15) is 0 Å². The third-order valence-corrected chi connectivity index (χ3v) is 5.66. The molecule has 2 rings (SSSR count). The summed E-state index contributed by atoms with van der Waals surface area (Å²) in [6, 6.07) is 8.87. The molecule has 5 heteroatoms. The summed E-state index contributed by atoms with van der Waals surface area (Å²) < 4.78 is 0. The first-order valence-corrected chi connectivity index (χ1v) is 10.1. The molecule has 2 amide bonds. The van der Waals surface area contributed by atoms with Crippen molar-refractivity contribution in [3.8, 4) is 0 Å². The van der Waals surface area contributed by atoms with Gasteiger partial charge in [0.05, 0.1) is 6.04 Å². The lowest BCUT2D eigenvalue weighted by Crippen LogP contribution is -2.39. The normalized spacial score (nSPS) is 16.2. The second-order valence-corrected chi connectivity index (χ2v) is 7.99. The Morgan fingerprint density at radius 3 is 2.26 bits per heavy atom. The summed E-state index contributed by atoms with van der Waals surface area (Å²) in [5, 5.41) is 3.00. The van der Waals surface area contributed by atoms with E-state index in [1.165, 1.54) is 30.4 Å². The van der Waals surface area contributed by atoms with Gasteiger partial charge in [0.15, 0.2) is 0 Å². The van der Waals surface area contributed by atoms with Crippen LogP contribution < -0.4 is 5.32 Å². The maximum absolute atomic E-state index is 12.4. The largest absolute Gasteiger partial charge is 0.354 e. The van der Waals surface area contributed by atoms with Gasteiger partial charge in [0, 0.05) is 32.5 Å². The molecule has 1 aromatic rings. The summed E-state index contributed by atoms with van der Waals surface area (Å²) in [6.45, 7) is 2.61. The molecule has 0 radical (unpaired) electrons. The Hall–Kier alpha value is -1.88. The third kappa shape index (κ3) is 6.65. The molecule has 1 atom stereocenters. The summed E-state index contributed by atoms with van der Waals surface area (Å²) in [6.07, 6.45) is 6.40. The minimum atomic E-state index is -0.0562. The van der Waals surface area contributed by atoms with Gasteiger partial charge in [0.25, 0.3) is 0 Å². The first-order chi connectivity index (χ1) is 12.9. The number of hydrogen-bond acceptors (Lipinski definition) is 3. The Labute approximate surface area is 164 Å². The van der Waals surface area contributed by atoms with E-state index in [1.54, 1.807) is 0 Å². The fraction of sp³-hybridized carbons (Fsp3) is 0.636. The van der Waals surface area contributed by atoms with E-state index < -0.39 is 0 Å². The highest BCUT2D eigenvalue weighted by Gasteiger charge is 2.22. The number of rotatable bonds is 8. The Balaban J connectivity index is 1.78. The molecule has 1 aliphatic carbocycles. The van der Waals surface area contributed by atoms with Gasteiger partial charge >= 0.3 is 0 Å². The fourth-order valence-electron chi connectivity index (χ4n) is 3.75. The zero-order chi connectivity index (χ0) is 19.8. The van der Waals surface area contributed by atoms with Crippen LogP contribution in [0.5, 0.6) is 0 Å². The zero-order valence-corrected chi connectivity index (χ0v) is 17.3. The van der Waals surface area contributed by atoms with Crippen LogP contribution in [0.1, 0.15) is 62.1 Å². The van der Waals surface area contributed by atoms with Crippen LogP contribution in [0.15, 0.2) is 24.3 Å². The van der Waals surface area contributed by atoms with Crippen molar-refractivity contribution in [3.63, 3.8) is 0 Å². The molecule has 1 N–H and O–H groups in total.